The summed E-state index contributed by atoms with van der Waals surface area (Å²) in [7, 11) is 0. The molecule has 1 fully saturated rings. The Balaban J connectivity index is 1.66. The largest absolute Gasteiger partial charge is 0.481 e. The summed E-state index contributed by atoms with van der Waals surface area (Å²) in [5.41, 5.74) is 0.272. The van der Waals surface area contributed by atoms with Gasteiger partial charge < -0.3 is 31.1 Å². The van der Waals surface area contributed by atoms with Gasteiger partial charge in [-0.15, -0.1) is 11.8 Å². The number of carbonyl (C=O) groups is 4. The first-order valence-corrected chi connectivity index (χ1v) is 11.7. The van der Waals surface area contributed by atoms with Gasteiger partial charge in [0.25, 0.3) is 0 Å². The first kappa shape index (κ1) is 25.7. The minimum atomic E-state index is -1.24. The summed E-state index contributed by atoms with van der Waals surface area (Å²) >= 11 is 1.33. The first-order valence-electron chi connectivity index (χ1n) is 10.7. The minimum Gasteiger partial charge on any atom is -0.481 e. The quantitative estimate of drug-likeness (QED) is 0.287. The van der Waals surface area contributed by atoms with Crippen LogP contribution in [0, 0.1) is 11.8 Å². The molecule has 1 saturated heterocycles. The van der Waals surface area contributed by atoms with E-state index < -0.39 is 53.2 Å². The zero-order valence-electron chi connectivity index (χ0n) is 18.5. The van der Waals surface area contributed by atoms with Gasteiger partial charge in [-0.25, -0.2) is 9.59 Å². The van der Waals surface area contributed by atoms with Crippen molar-refractivity contribution in [1.29, 1.82) is 0 Å². The van der Waals surface area contributed by atoms with Gasteiger partial charge in [0.1, 0.15) is 11.6 Å². The number of carboxylic acid groups (broad SMARTS) is 3. The van der Waals surface area contributed by atoms with Crippen LogP contribution < -0.4 is 10.6 Å². The average Bonchev–Trinajstić information content (AvgIpc) is 3.34. The molecular formula is C22H27N3O8S. The number of rotatable bonds is 9. The number of carboxylic acids is 3. The summed E-state index contributed by atoms with van der Waals surface area (Å²) in [4.78, 5) is 51.4. The van der Waals surface area contributed by atoms with Crippen LogP contribution >= 0.6 is 11.8 Å². The predicted octanol–water partition coefficient (Wildman–Crippen LogP) is 0.781. The van der Waals surface area contributed by atoms with Crippen molar-refractivity contribution in [2.45, 2.75) is 49.0 Å². The summed E-state index contributed by atoms with van der Waals surface area (Å²) in [6, 6.07) is 4.45. The number of aliphatic imine (C=N–C) groups is 1. The highest BCUT2D eigenvalue weighted by atomic mass is 32.2. The number of hydrogen-bond acceptors (Lipinski definition) is 8. The highest BCUT2D eigenvalue weighted by molar-refractivity contribution is 8.01. The number of anilines is 1. The summed E-state index contributed by atoms with van der Waals surface area (Å²) in [6.45, 7) is 3.50. The van der Waals surface area contributed by atoms with E-state index in [1.54, 1.807) is 13.0 Å². The molecule has 0 aromatic heterocycles. The van der Waals surface area contributed by atoms with E-state index in [1.807, 2.05) is 0 Å². The number of aliphatic carboxylic acids is 2. The van der Waals surface area contributed by atoms with Gasteiger partial charge in [0, 0.05) is 17.5 Å². The number of aromatic carboxylic acids is 1. The molecule has 2 aliphatic rings. The van der Waals surface area contributed by atoms with Crippen LogP contribution in [0.2, 0.25) is 0 Å². The smallest absolute Gasteiger partial charge is 0.350 e. The topological polar surface area (TPSA) is 186 Å². The van der Waals surface area contributed by atoms with Crippen LogP contribution in [0.3, 0.4) is 0 Å². The van der Waals surface area contributed by atoms with Crippen LogP contribution in [0.25, 0.3) is 0 Å². The Morgan fingerprint density at radius 2 is 1.88 bits per heavy atom. The van der Waals surface area contributed by atoms with Crippen molar-refractivity contribution < 1.29 is 39.6 Å². The molecule has 0 aliphatic carbocycles. The predicted molar refractivity (Wildman–Crippen MR) is 124 cm³/mol. The molecule has 0 spiro atoms. The molecule has 1 aromatic carbocycles. The molecule has 0 saturated carbocycles. The second kappa shape index (κ2) is 10.5. The molecule has 1 amide bonds. The van der Waals surface area contributed by atoms with Crippen molar-refractivity contribution in [3.05, 3.63) is 29.8 Å². The molecule has 6 N–H and O–H groups in total. The zero-order chi connectivity index (χ0) is 25.2. The highest BCUT2D eigenvalue weighted by Gasteiger charge is 2.48. The van der Waals surface area contributed by atoms with Gasteiger partial charge in [-0.05, 0) is 37.5 Å². The van der Waals surface area contributed by atoms with E-state index in [1.165, 1.54) is 36.9 Å². The van der Waals surface area contributed by atoms with Gasteiger partial charge in [-0.3, -0.25) is 14.6 Å². The number of hydrogen-bond donors (Lipinski definition) is 6. The molecule has 12 heteroatoms. The first-order chi connectivity index (χ1) is 16.0. The third-order valence-electron chi connectivity index (χ3n) is 6.09. The van der Waals surface area contributed by atoms with Gasteiger partial charge >= 0.3 is 17.9 Å². The fraction of sp³-hybridized carbons (Fsp3) is 0.500. The monoisotopic (exact) mass is 493 g/mol. The summed E-state index contributed by atoms with van der Waals surface area (Å²) in [5, 5.41) is 43.2. The number of benzene rings is 1. The Morgan fingerprint density at radius 3 is 2.47 bits per heavy atom. The van der Waals surface area contributed by atoms with E-state index in [4.69, 9.17) is 5.11 Å². The highest BCUT2D eigenvalue weighted by Crippen LogP contribution is 2.39. The van der Waals surface area contributed by atoms with Crippen LogP contribution in [0.5, 0.6) is 0 Å². The van der Waals surface area contributed by atoms with Crippen molar-refractivity contribution in [3.63, 3.8) is 0 Å². The van der Waals surface area contributed by atoms with Gasteiger partial charge in [0.05, 0.1) is 29.0 Å². The number of aliphatic hydroxyl groups excluding tert-OH is 1. The second-order valence-corrected chi connectivity index (χ2v) is 9.97. The number of thioether (sulfide) groups is 1. The fourth-order valence-electron chi connectivity index (χ4n) is 4.36. The lowest BCUT2D eigenvalue weighted by Gasteiger charge is -2.27. The van der Waals surface area contributed by atoms with Gasteiger partial charge in [0.2, 0.25) is 5.91 Å². The number of aliphatic hydroxyl groups is 1. The molecule has 1 aromatic rings. The van der Waals surface area contributed by atoms with Gasteiger partial charge in [-0.1, -0.05) is 13.0 Å². The Labute approximate surface area is 199 Å². The van der Waals surface area contributed by atoms with Crippen molar-refractivity contribution in [1.82, 2.24) is 5.32 Å². The van der Waals surface area contributed by atoms with Crippen LogP contribution in [-0.2, 0) is 14.4 Å². The van der Waals surface area contributed by atoms with E-state index in [-0.39, 0.29) is 22.4 Å². The Bertz CT molecular complexity index is 1010. The summed E-state index contributed by atoms with van der Waals surface area (Å²) in [6.07, 6.45) is -0.803. The molecule has 7 atom stereocenters. The van der Waals surface area contributed by atoms with Crippen molar-refractivity contribution in [2.75, 3.05) is 11.9 Å². The van der Waals surface area contributed by atoms with E-state index in [9.17, 15) is 34.5 Å². The van der Waals surface area contributed by atoms with Crippen LogP contribution in [-0.4, -0.2) is 85.2 Å². The number of nitrogens with one attached hydrogen (secondary N) is 2. The number of carbonyl (C=O) groups excluding carboxylic acids is 1. The molecule has 2 aliphatic heterocycles. The maximum absolute atomic E-state index is 12.7. The zero-order valence-corrected chi connectivity index (χ0v) is 19.4. The molecule has 0 radical (unpaired) electrons. The normalized spacial score (nSPS) is 28.1. The van der Waals surface area contributed by atoms with Gasteiger partial charge in [-0.2, -0.15) is 0 Å². The Hall–Kier alpha value is -2.96. The molecule has 2 heterocycles. The summed E-state index contributed by atoms with van der Waals surface area (Å²) in [5.74, 6) is -5.59. The van der Waals surface area contributed by atoms with E-state index in [0.29, 0.717) is 18.7 Å². The molecular weight excluding hydrogens is 466 g/mol. The third-order valence-corrected chi connectivity index (χ3v) is 7.78. The molecule has 0 bridgehead atoms. The SMILES string of the molecule is C[C@@H]1[C@H]([C@H](C(=O)O)[C@@H](C)O)N=C(C(=O)O)[C@H]1S[C@@H]1CN[C@H](C(=O)Nc2cccc(C(=O)O)c2)C1. The maximum Gasteiger partial charge on any atom is 0.350 e. The number of nitrogens with zero attached hydrogens (tertiary/aromatic N) is 1. The Morgan fingerprint density at radius 1 is 1.18 bits per heavy atom. The lowest BCUT2D eigenvalue weighted by Crippen LogP contribution is -2.40. The van der Waals surface area contributed by atoms with Crippen molar-refractivity contribution >= 4 is 47.0 Å². The second-order valence-electron chi connectivity index (χ2n) is 8.52. The van der Waals surface area contributed by atoms with Crippen molar-refractivity contribution in [3.8, 4) is 0 Å². The molecule has 0 unspecified atom stereocenters. The van der Waals surface area contributed by atoms with Crippen LogP contribution in [0.15, 0.2) is 29.3 Å². The maximum atomic E-state index is 12.7. The summed E-state index contributed by atoms with van der Waals surface area (Å²) < 4.78 is 0. The van der Waals surface area contributed by atoms with E-state index >= 15 is 0 Å². The average molecular weight is 494 g/mol. The van der Waals surface area contributed by atoms with E-state index in [2.05, 4.69) is 15.6 Å². The van der Waals surface area contributed by atoms with Crippen molar-refractivity contribution in [2.24, 2.45) is 16.8 Å². The molecule has 184 valence electrons. The third kappa shape index (κ3) is 5.57. The van der Waals surface area contributed by atoms with Crippen LogP contribution in [0.1, 0.15) is 30.6 Å². The molecule has 3 rings (SSSR count). The number of amides is 1. The van der Waals surface area contributed by atoms with Gasteiger partial charge in [0.15, 0.2) is 0 Å². The standard InChI is InChI=1S/C22H27N3O8S/c1-9-16(15(10(2)26)21(30)31)25-17(22(32)33)18(9)34-13-7-14(23-8-13)19(27)24-12-5-3-4-11(6-12)20(28)29/h3-6,9-10,13-16,18,23,26H,7-8H2,1-2H3,(H,24,27)(H,28,29)(H,30,31)(H,32,33)/t9-,10-,13+,14+,15-,16-,18+/m1/s1. The lowest BCUT2D eigenvalue weighted by atomic mass is 9.86. The fourth-order valence-corrected chi connectivity index (χ4v) is 5.97. The Kier molecular flexibility index (Phi) is 7.95. The van der Waals surface area contributed by atoms with Crippen LogP contribution in [0.4, 0.5) is 5.69 Å². The van der Waals surface area contributed by atoms with E-state index in [0.717, 1.165) is 0 Å². The lowest BCUT2D eigenvalue weighted by molar-refractivity contribution is -0.146. The minimum absolute atomic E-state index is 0.0488. The molecule has 11 nitrogen and oxygen atoms in total. The molecule has 34 heavy (non-hydrogen) atoms.